The molecule has 0 N–H and O–H groups in total. The summed E-state index contributed by atoms with van der Waals surface area (Å²) < 4.78 is 1.24. The van der Waals surface area contributed by atoms with Crippen molar-refractivity contribution in [2.45, 2.75) is 18.8 Å². The molecule has 1 fully saturated rings. The first-order valence-electron chi connectivity index (χ1n) is 4.68. The zero-order chi connectivity index (χ0) is 9.26. The van der Waals surface area contributed by atoms with Gasteiger partial charge in [0.25, 0.3) is 0 Å². The summed E-state index contributed by atoms with van der Waals surface area (Å²) in [5, 5.41) is 2.19. The SMILES string of the molecule is CN1CCC(c2cc(Br)cs2)CC1. The van der Waals surface area contributed by atoms with Gasteiger partial charge in [-0.2, -0.15) is 0 Å². The lowest BCUT2D eigenvalue weighted by molar-refractivity contribution is 0.257. The average Bonchev–Trinajstić information content (AvgIpc) is 2.53. The summed E-state index contributed by atoms with van der Waals surface area (Å²) in [6.45, 7) is 2.50. The van der Waals surface area contributed by atoms with E-state index in [-0.39, 0.29) is 0 Å². The van der Waals surface area contributed by atoms with E-state index in [9.17, 15) is 0 Å². The molecule has 0 aromatic carbocycles. The molecule has 72 valence electrons. The van der Waals surface area contributed by atoms with Crippen LogP contribution in [0.5, 0.6) is 0 Å². The molecule has 0 spiro atoms. The van der Waals surface area contributed by atoms with Gasteiger partial charge in [-0.3, -0.25) is 0 Å². The van der Waals surface area contributed by atoms with Crippen molar-refractivity contribution in [1.29, 1.82) is 0 Å². The van der Waals surface area contributed by atoms with E-state index < -0.39 is 0 Å². The van der Waals surface area contributed by atoms with Crippen LogP contribution in [0.2, 0.25) is 0 Å². The third-order valence-corrected chi connectivity index (χ3v) is 4.56. The van der Waals surface area contributed by atoms with E-state index in [0.29, 0.717) is 0 Å². The van der Waals surface area contributed by atoms with Gasteiger partial charge in [0.2, 0.25) is 0 Å². The molecule has 0 atom stereocenters. The molecule has 1 aliphatic rings. The average molecular weight is 260 g/mol. The quantitative estimate of drug-likeness (QED) is 0.748. The summed E-state index contributed by atoms with van der Waals surface area (Å²) in [5.41, 5.74) is 0. The lowest BCUT2D eigenvalue weighted by Crippen LogP contribution is -2.28. The molecule has 0 amide bonds. The Bertz CT molecular complexity index is 276. The maximum Gasteiger partial charge on any atom is 0.0285 e. The highest BCUT2D eigenvalue weighted by molar-refractivity contribution is 9.10. The molecule has 1 aliphatic heterocycles. The van der Waals surface area contributed by atoms with Gasteiger partial charge in [0.1, 0.15) is 0 Å². The Balaban J connectivity index is 2.02. The number of hydrogen-bond acceptors (Lipinski definition) is 2. The second-order valence-corrected chi connectivity index (χ2v) is 5.60. The minimum absolute atomic E-state index is 0.812. The second-order valence-electron chi connectivity index (χ2n) is 3.74. The summed E-state index contributed by atoms with van der Waals surface area (Å²) in [6, 6.07) is 2.28. The van der Waals surface area contributed by atoms with Crippen LogP contribution in [0.1, 0.15) is 23.6 Å². The predicted molar refractivity (Wildman–Crippen MR) is 61.5 cm³/mol. The summed E-state index contributed by atoms with van der Waals surface area (Å²) in [7, 11) is 2.21. The lowest BCUT2D eigenvalue weighted by Gasteiger charge is -2.28. The van der Waals surface area contributed by atoms with E-state index in [1.807, 2.05) is 11.3 Å². The van der Waals surface area contributed by atoms with Gasteiger partial charge in [0.05, 0.1) is 0 Å². The zero-order valence-electron chi connectivity index (χ0n) is 7.79. The molecule has 0 bridgehead atoms. The molecule has 1 saturated heterocycles. The summed E-state index contributed by atoms with van der Waals surface area (Å²) in [6.07, 6.45) is 2.65. The first-order valence-corrected chi connectivity index (χ1v) is 6.35. The van der Waals surface area contributed by atoms with Gasteiger partial charge in [0, 0.05) is 14.7 Å². The van der Waals surface area contributed by atoms with Crippen LogP contribution in [0.15, 0.2) is 15.9 Å². The predicted octanol–water partition coefficient (Wildman–Crippen LogP) is 3.32. The van der Waals surface area contributed by atoms with Crippen LogP contribution in [0.25, 0.3) is 0 Å². The highest BCUT2D eigenvalue weighted by atomic mass is 79.9. The number of thiophene rings is 1. The normalized spacial score (nSPS) is 20.8. The van der Waals surface area contributed by atoms with E-state index in [4.69, 9.17) is 0 Å². The van der Waals surface area contributed by atoms with Gasteiger partial charge in [0.15, 0.2) is 0 Å². The van der Waals surface area contributed by atoms with Gasteiger partial charge >= 0.3 is 0 Å². The van der Waals surface area contributed by atoms with E-state index in [2.05, 4.69) is 39.3 Å². The first kappa shape index (κ1) is 9.69. The molecule has 0 unspecified atom stereocenters. The first-order chi connectivity index (χ1) is 6.25. The van der Waals surface area contributed by atoms with Crippen LogP contribution in [0.3, 0.4) is 0 Å². The molecule has 1 aromatic heterocycles. The number of halogens is 1. The third kappa shape index (κ3) is 2.33. The number of rotatable bonds is 1. The molecule has 1 nitrogen and oxygen atoms in total. The molecule has 0 aliphatic carbocycles. The molecular formula is C10H14BrNS. The Hall–Kier alpha value is 0.140. The summed E-state index contributed by atoms with van der Waals surface area (Å²) in [4.78, 5) is 3.97. The van der Waals surface area contributed by atoms with Gasteiger partial charge in [-0.05, 0) is 60.9 Å². The Kier molecular flexibility index (Phi) is 3.06. The van der Waals surface area contributed by atoms with Crippen LogP contribution in [0.4, 0.5) is 0 Å². The highest BCUT2D eigenvalue weighted by Crippen LogP contribution is 2.33. The van der Waals surface area contributed by atoms with Crippen LogP contribution < -0.4 is 0 Å². The Morgan fingerprint density at radius 3 is 2.69 bits per heavy atom. The van der Waals surface area contributed by atoms with Crippen LogP contribution >= 0.6 is 27.3 Å². The Labute approximate surface area is 91.9 Å². The summed E-state index contributed by atoms with van der Waals surface area (Å²) in [5.74, 6) is 0.812. The van der Waals surface area contributed by atoms with E-state index >= 15 is 0 Å². The smallest absolute Gasteiger partial charge is 0.0285 e. The zero-order valence-corrected chi connectivity index (χ0v) is 10.2. The van der Waals surface area contributed by atoms with E-state index in [1.165, 1.54) is 30.4 Å². The molecule has 0 radical (unpaired) electrons. The van der Waals surface area contributed by atoms with E-state index in [1.54, 1.807) is 4.88 Å². The van der Waals surface area contributed by atoms with Crippen molar-refractivity contribution in [2.75, 3.05) is 20.1 Å². The van der Waals surface area contributed by atoms with Crippen molar-refractivity contribution in [3.05, 3.63) is 20.8 Å². The van der Waals surface area contributed by atoms with Crippen molar-refractivity contribution in [3.8, 4) is 0 Å². The minimum atomic E-state index is 0.812. The van der Waals surface area contributed by atoms with Gasteiger partial charge in [-0.1, -0.05) is 0 Å². The third-order valence-electron chi connectivity index (χ3n) is 2.71. The van der Waals surface area contributed by atoms with Crippen molar-refractivity contribution < 1.29 is 0 Å². The highest BCUT2D eigenvalue weighted by Gasteiger charge is 2.19. The number of likely N-dealkylation sites (tertiary alicyclic amines) is 1. The fourth-order valence-corrected chi connectivity index (χ4v) is 3.45. The molecule has 3 heteroatoms. The van der Waals surface area contributed by atoms with Crippen LogP contribution in [0, 0.1) is 0 Å². The van der Waals surface area contributed by atoms with E-state index in [0.717, 1.165) is 5.92 Å². The second kappa shape index (κ2) is 4.11. The van der Waals surface area contributed by atoms with Crippen molar-refractivity contribution in [2.24, 2.45) is 0 Å². The van der Waals surface area contributed by atoms with Crippen molar-refractivity contribution >= 4 is 27.3 Å². The number of nitrogens with zero attached hydrogens (tertiary/aromatic N) is 1. The lowest BCUT2D eigenvalue weighted by atomic mass is 9.96. The van der Waals surface area contributed by atoms with Gasteiger partial charge in [-0.15, -0.1) is 11.3 Å². The molecule has 13 heavy (non-hydrogen) atoms. The summed E-state index contributed by atoms with van der Waals surface area (Å²) >= 11 is 5.40. The molecular weight excluding hydrogens is 246 g/mol. The maximum absolute atomic E-state index is 3.51. The standard InChI is InChI=1S/C10H14BrNS/c1-12-4-2-8(3-5-12)10-6-9(11)7-13-10/h6-8H,2-5H2,1H3. The Morgan fingerprint density at radius 1 is 1.46 bits per heavy atom. The van der Waals surface area contributed by atoms with Gasteiger partial charge in [-0.25, -0.2) is 0 Å². The van der Waals surface area contributed by atoms with Gasteiger partial charge < -0.3 is 4.90 Å². The molecule has 1 aromatic rings. The van der Waals surface area contributed by atoms with Crippen LogP contribution in [-0.2, 0) is 0 Å². The fraction of sp³-hybridized carbons (Fsp3) is 0.600. The molecule has 2 heterocycles. The number of hydrogen-bond donors (Lipinski definition) is 0. The topological polar surface area (TPSA) is 3.24 Å². The fourth-order valence-electron chi connectivity index (χ4n) is 1.84. The largest absolute Gasteiger partial charge is 0.306 e. The monoisotopic (exact) mass is 259 g/mol. The molecule has 2 rings (SSSR count). The minimum Gasteiger partial charge on any atom is -0.306 e. The van der Waals surface area contributed by atoms with Crippen molar-refractivity contribution in [3.63, 3.8) is 0 Å². The van der Waals surface area contributed by atoms with Crippen molar-refractivity contribution in [1.82, 2.24) is 4.90 Å². The number of piperidine rings is 1. The maximum atomic E-state index is 3.51. The molecule has 0 saturated carbocycles. The van der Waals surface area contributed by atoms with Crippen LogP contribution in [-0.4, -0.2) is 25.0 Å². The Morgan fingerprint density at radius 2 is 2.15 bits per heavy atom.